The summed E-state index contributed by atoms with van der Waals surface area (Å²) in [7, 11) is 0. The predicted octanol–water partition coefficient (Wildman–Crippen LogP) is 7.61. The third-order valence-corrected chi connectivity index (χ3v) is 7.39. The van der Waals surface area contributed by atoms with E-state index in [9.17, 15) is 14.4 Å². The summed E-state index contributed by atoms with van der Waals surface area (Å²) in [5.41, 5.74) is 4.42. The molecular formula is C32H34N2O5S. The maximum Gasteiger partial charge on any atom is 0.348 e. The minimum atomic E-state index is -0.616. The van der Waals surface area contributed by atoms with Crippen molar-refractivity contribution in [3.8, 4) is 11.3 Å². The Morgan fingerprint density at radius 3 is 2.23 bits per heavy atom. The van der Waals surface area contributed by atoms with Crippen molar-refractivity contribution in [1.29, 1.82) is 0 Å². The number of fused-ring (bicyclic) bond motifs is 1. The van der Waals surface area contributed by atoms with Gasteiger partial charge < -0.3 is 14.8 Å². The summed E-state index contributed by atoms with van der Waals surface area (Å²) in [4.78, 5) is 44.7. The molecule has 0 fully saturated rings. The van der Waals surface area contributed by atoms with E-state index in [-0.39, 0.29) is 27.6 Å². The van der Waals surface area contributed by atoms with E-state index in [4.69, 9.17) is 14.5 Å². The molecule has 0 atom stereocenters. The van der Waals surface area contributed by atoms with E-state index in [0.29, 0.717) is 27.7 Å². The Hall–Kier alpha value is -4.04. The number of hydrogen-bond donors (Lipinski definition) is 1. The first-order valence-corrected chi connectivity index (χ1v) is 14.3. The quantitative estimate of drug-likeness (QED) is 0.213. The lowest BCUT2D eigenvalue weighted by Gasteiger charge is -2.12. The highest BCUT2D eigenvalue weighted by molar-refractivity contribution is 7.18. The van der Waals surface area contributed by atoms with Gasteiger partial charge in [0.25, 0.3) is 5.91 Å². The average molecular weight is 559 g/mol. The number of nitrogens with zero attached hydrogens (tertiary/aromatic N) is 1. The Kier molecular flexibility index (Phi) is 9.00. The molecule has 0 aliphatic carbocycles. The van der Waals surface area contributed by atoms with E-state index in [1.807, 2.05) is 36.4 Å². The fraction of sp³-hybridized carbons (Fsp3) is 0.312. The van der Waals surface area contributed by atoms with Crippen molar-refractivity contribution in [2.24, 2.45) is 0 Å². The first kappa shape index (κ1) is 29.0. The van der Waals surface area contributed by atoms with E-state index >= 15 is 0 Å². The van der Waals surface area contributed by atoms with Crippen LogP contribution in [0.3, 0.4) is 0 Å². The van der Waals surface area contributed by atoms with E-state index < -0.39 is 17.8 Å². The third kappa shape index (κ3) is 6.39. The van der Waals surface area contributed by atoms with Gasteiger partial charge in [0.15, 0.2) is 0 Å². The summed E-state index contributed by atoms with van der Waals surface area (Å²) in [6, 6.07) is 17.4. The molecule has 40 heavy (non-hydrogen) atoms. The predicted molar refractivity (Wildman–Crippen MR) is 159 cm³/mol. The van der Waals surface area contributed by atoms with Gasteiger partial charge in [-0.15, -0.1) is 11.3 Å². The second kappa shape index (κ2) is 12.4. The van der Waals surface area contributed by atoms with Gasteiger partial charge in [-0.3, -0.25) is 4.79 Å². The molecular weight excluding hydrogens is 524 g/mol. The van der Waals surface area contributed by atoms with Crippen molar-refractivity contribution in [3.05, 3.63) is 81.7 Å². The molecule has 8 heteroatoms. The van der Waals surface area contributed by atoms with Crippen LogP contribution in [0.1, 0.15) is 82.6 Å². The number of pyridine rings is 1. The molecule has 0 aliphatic heterocycles. The number of aromatic nitrogens is 1. The van der Waals surface area contributed by atoms with Crippen molar-refractivity contribution in [3.63, 3.8) is 0 Å². The number of nitrogens with one attached hydrogen (secondary N) is 1. The molecule has 4 aromatic rings. The van der Waals surface area contributed by atoms with Crippen LogP contribution in [-0.4, -0.2) is 35.0 Å². The van der Waals surface area contributed by atoms with Gasteiger partial charge in [0, 0.05) is 10.9 Å². The number of aryl methyl sites for hydroxylation is 1. The third-order valence-electron chi connectivity index (χ3n) is 6.20. The number of hydrogen-bond acceptors (Lipinski definition) is 7. The second-order valence-corrected chi connectivity index (χ2v) is 11.2. The van der Waals surface area contributed by atoms with Crippen LogP contribution in [0.25, 0.3) is 22.2 Å². The molecule has 0 saturated carbocycles. The number of amides is 1. The molecule has 1 amide bonds. The topological polar surface area (TPSA) is 94.6 Å². The number of anilines is 1. The largest absolute Gasteiger partial charge is 0.459 e. The van der Waals surface area contributed by atoms with Crippen LogP contribution < -0.4 is 5.32 Å². The van der Waals surface area contributed by atoms with Crippen LogP contribution in [0.5, 0.6) is 0 Å². The van der Waals surface area contributed by atoms with E-state index in [0.717, 1.165) is 29.7 Å². The highest BCUT2D eigenvalue weighted by atomic mass is 32.1. The van der Waals surface area contributed by atoms with Crippen LogP contribution in [-0.2, 0) is 15.9 Å². The maximum absolute atomic E-state index is 13.8. The number of thiophene rings is 1. The molecule has 4 rings (SSSR count). The highest BCUT2D eigenvalue weighted by Gasteiger charge is 2.29. The fourth-order valence-electron chi connectivity index (χ4n) is 4.40. The zero-order valence-electron chi connectivity index (χ0n) is 23.7. The molecule has 2 heterocycles. The maximum atomic E-state index is 13.8. The van der Waals surface area contributed by atoms with Crippen molar-refractivity contribution in [2.75, 3.05) is 5.32 Å². The average Bonchev–Trinajstić information content (AvgIpc) is 3.23. The van der Waals surface area contributed by atoms with Gasteiger partial charge in [-0.2, -0.15) is 0 Å². The van der Waals surface area contributed by atoms with Gasteiger partial charge in [-0.05, 0) is 64.3 Å². The SMILES string of the molecule is CCCc1ccc(-c2cc(C(=O)Nc3sc(C(=O)OC(C)C)c(C)c3C(=O)OC(C)C)c3ccccc3n2)cc1. The fourth-order valence-corrected chi connectivity index (χ4v) is 5.47. The summed E-state index contributed by atoms with van der Waals surface area (Å²) >= 11 is 1.00. The van der Waals surface area contributed by atoms with Crippen LogP contribution in [0, 0.1) is 6.92 Å². The molecule has 0 radical (unpaired) electrons. The molecule has 2 aromatic carbocycles. The lowest BCUT2D eigenvalue weighted by Crippen LogP contribution is -2.17. The summed E-state index contributed by atoms with van der Waals surface area (Å²) in [5, 5.41) is 3.79. The number of carbonyl (C=O) groups is 3. The van der Waals surface area contributed by atoms with Crippen LogP contribution in [0.4, 0.5) is 5.00 Å². The van der Waals surface area contributed by atoms with Crippen molar-refractivity contribution < 1.29 is 23.9 Å². The number of rotatable bonds is 9. The van der Waals surface area contributed by atoms with Crippen molar-refractivity contribution in [2.45, 2.75) is 66.6 Å². The normalized spacial score (nSPS) is 11.2. The van der Waals surface area contributed by atoms with Gasteiger partial charge in [-0.1, -0.05) is 55.8 Å². The van der Waals surface area contributed by atoms with Gasteiger partial charge in [-0.25, -0.2) is 14.6 Å². The Labute approximate surface area is 238 Å². The van der Waals surface area contributed by atoms with Crippen molar-refractivity contribution in [1.82, 2.24) is 4.98 Å². The summed E-state index contributed by atoms with van der Waals surface area (Å²) in [5.74, 6) is -1.60. The standard InChI is InChI=1S/C32H34N2O5S/c1-7-10-21-13-15-22(16-14-21)26-17-24(23-11-8-9-12-25(23)33-26)29(35)34-30-27(31(36)38-18(2)3)20(6)28(40-30)32(37)39-19(4)5/h8-9,11-19H,7,10H2,1-6H3,(H,34,35). The summed E-state index contributed by atoms with van der Waals surface area (Å²) < 4.78 is 10.8. The molecule has 208 valence electrons. The molecule has 0 bridgehead atoms. The number of benzene rings is 2. The summed E-state index contributed by atoms with van der Waals surface area (Å²) in [6.45, 7) is 10.8. The Balaban J connectivity index is 1.77. The highest BCUT2D eigenvalue weighted by Crippen LogP contribution is 2.36. The van der Waals surface area contributed by atoms with Crippen LogP contribution >= 0.6 is 11.3 Å². The first-order chi connectivity index (χ1) is 19.1. The monoisotopic (exact) mass is 558 g/mol. The smallest absolute Gasteiger partial charge is 0.348 e. The molecule has 7 nitrogen and oxygen atoms in total. The lowest BCUT2D eigenvalue weighted by molar-refractivity contribution is 0.0378. The number of carbonyl (C=O) groups excluding carboxylic acids is 3. The summed E-state index contributed by atoms with van der Waals surface area (Å²) in [6.07, 6.45) is 1.34. The zero-order chi connectivity index (χ0) is 29.0. The van der Waals surface area contributed by atoms with Crippen molar-refractivity contribution >= 4 is 45.1 Å². The number of ether oxygens (including phenoxy) is 2. The van der Waals surface area contributed by atoms with Gasteiger partial charge in [0.2, 0.25) is 0 Å². The zero-order valence-corrected chi connectivity index (χ0v) is 24.5. The molecule has 0 unspecified atom stereocenters. The molecule has 0 spiro atoms. The Morgan fingerprint density at radius 2 is 1.57 bits per heavy atom. The lowest BCUT2D eigenvalue weighted by atomic mass is 10.0. The minimum absolute atomic E-state index is 0.146. The van der Waals surface area contributed by atoms with Crippen LogP contribution in [0.2, 0.25) is 0 Å². The number of esters is 2. The Bertz CT molecular complexity index is 1550. The first-order valence-electron chi connectivity index (χ1n) is 13.4. The Morgan fingerprint density at radius 1 is 0.925 bits per heavy atom. The van der Waals surface area contributed by atoms with Gasteiger partial charge in [0.05, 0.1) is 34.5 Å². The molecule has 0 saturated heterocycles. The molecule has 2 aromatic heterocycles. The number of para-hydroxylation sites is 1. The van der Waals surface area contributed by atoms with Gasteiger partial charge >= 0.3 is 11.9 Å². The van der Waals surface area contributed by atoms with E-state index in [2.05, 4.69) is 24.4 Å². The van der Waals surface area contributed by atoms with E-state index in [1.165, 1.54) is 5.56 Å². The molecule has 0 aliphatic rings. The van der Waals surface area contributed by atoms with Gasteiger partial charge in [0.1, 0.15) is 9.88 Å². The minimum Gasteiger partial charge on any atom is -0.459 e. The second-order valence-electron chi connectivity index (χ2n) is 10.1. The molecule has 1 N–H and O–H groups in total. The van der Waals surface area contributed by atoms with E-state index in [1.54, 1.807) is 40.7 Å². The van der Waals surface area contributed by atoms with Crippen LogP contribution in [0.15, 0.2) is 54.6 Å².